The van der Waals surface area contributed by atoms with Crippen LogP contribution in [0, 0.1) is 0 Å². The molecule has 0 atom stereocenters. The third-order valence-electron chi connectivity index (χ3n) is 3.61. The van der Waals surface area contributed by atoms with E-state index in [9.17, 15) is 40.9 Å². The van der Waals surface area contributed by atoms with Gasteiger partial charge in [-0.25, -0.2) is 0 Å². The van der Waals surface area contributed by atoms with Crippen LogP contribution in [0.3, 0.4) is 0 Å². The number of hydrogen-bond donors (Lipinski definition) is 4. The quantitative estimate of drug-likeness (QED) is 0.200. The maximum absolute atomic E-state index is 12.8. The average Bonchev–Trinajstić information content (AvgIpc) is 2.60. The van der Waals surface area contributed by atoms with E-state index in [0.29, 0.717) is 5.75 Å². The van der Waals surface area contributed by atoms with Gasteiger partial charge in [0.1, 0.15) is 5.75 Å². The van der Waals surface area contributed by atoms with Gasteiger partial charge >= 0.3 is 39.7 Å². The molecule has 2 rings (SSSR count). The molecule has 0 aromatic heterocycles. The summed E-state index contributed by atoms with van der Waals surface area (Å²) in [5, 5.41) is 20.4. The van der Waals surface area contributed by atoms with Gasteiger partial charge in [0.25, 0.3) is 10.1 Å². The average molecular weight is 458 g/mol. The van der Waals surface area contributed by atoms with Crippen LogP contribution in [0.2, 0.25) is 0 Å². The van der Waals surface area contributed by atoms with Gasteiger partial charge in [0.2, 0.25) is 0 Å². The fourth-order valence-corrected chi connectivity index (χ4v) is 3.98. The summed E-state index contributed by atoms with van der Waals surface area (Å²) in [6.45, 7) is 0. The minimum atomic E-state index is -5.36. The van der Waals surface area contributed by atoms with Crippen molar-refractivity contribution in [3.63, 3.8) is 0 Å². The number of methoxy groups -OCH3 is 2. The van der Waals surface area contributed by atoms with Crippen LogP contribution in [-0.4, -0.2) is 85.7 Å². The van der Waals surface area contributed by atoms with Crippen molar-refractivity contribution in [2.75, 3.05) is 14.2 Å². The zero-order valence-corrected chi connectivity index (χ0v) is 15.9. The predicted octanol–water partition coefficient (Wildman–Crippen LogP) is 0.191. The van der Waals surface area contributed by atoms with Crippen molar-refractivity contribution in [3.05, 3.63) is 35.4 Å². The van der Waals surface area contributed by atoms with Gasteiger partial charge in [-0.3, -0.25) is 13.9 Å². The number of hydrogen-bond acceptors (Lipinski definition) is 9. The molecule has 14 heteroatoms. The molecule has 4 N–H and O–H groups in total. The molecule has 0 aliphatic rings. The van der Waals surface area contributed by atoms with Crippen LogP contribution >= 0.6 is 0 Å². The van der Waals surface area contributed by atoms with E-state index in [0.717, 1.165) is 19.2 Å². The van der Waals surface area contributed by atoms with Crippen LogP contribution in [-0.2, 0) is 20.2 Å². The fraction of sp³-hybridized carbons (Fsp3) is 0.133. The van der Waals surface area contributed by atoms with Gasteiger partial charge in [-0.15, -0.1) is 0 Å². The number of phenols is 2. The van der Waals surface area contributed by atoms with Crippen molar-refractivity contribution < 1.29 is 50.4 Å². The van der Waals surface area contributed by atoms with E-state index in [4.69, 9.17) is 4.74 Å². The van der Waals surface area contributed by atoms with E-state index in [2.05, 4.69) is 4.74 Å². The van der Waals surface area contributed by atoms with Crippen molar-refractivity contribution in [1.29, 1.82) is 0 Å². The molecule has 2 aromatic carbocycles. The van der Waals surface area contributed by atoms with E-state index >= 15 is 0 Å². The first-order valence-electron chi connectivity index (χ1n) is 7.14. The molecule has 0 saturated carbocycles. The number of ketones is 1. The third kappa shape index (κ3) is 4.83. The molecule has 0 spiro atoms. The summed E-state index contributed by atoms with van der Waals surface area (Å²) in [6, 6.07) is 4.93. The van der Waals surface area contributed by atoms with Crippen molar-refractivity contribution in [2.45, 2.75) is 9.79 Å². The summed E-state index contributed by atoms with van der Waals surface area (Å²) in [5.74, 6) is -5.17. The van der Waals surface area contributed by atoms with E-state index in [1.165, 1.54) is 19.2 Å². The Balaban J connectivity index is 0.00000420. The van der Waals surface area contributed by atoms with Crippen molar-refractivity contribution in [3.8, 4) is 23.0 Å². The van der Waals surface area contributed by atoms with Gasteiger partial charge in [0.15, 0.2) is 32.8 Å². The minimum absolute atomic E-state index is 0. The Labute approximate surface area is 187 Å². The van der Waals surface area contributed by atoms with Crippen LogP contribution < -0.4 is 9.47 Å². The molecule has 0 aliphatic heterocycles. The van der Waals surface area contributed by atoms with Crippen molar-refractivity contribution >= 4 is 55.6 Å². The Kier molecular flexibility index (Phi) is 7.70. The fourth-order valence-electron chi connectivity index (χ4n) is 2.43. The molecule has 29 heavy (non-hydrogen) atoms. The summed E-state index contributed by atoms with van der Waals surface area (Å²) in [7, 11) is -8.51. The summed E-state index contributed by atoms with van der Waals surface area (Å²) >= 11 is 0. The van der Waals surface area contributed by atoms with Gasteiger partial charge in [-0.05, 0) is 24.3 Å². The molecule has 154 valence electrons. The number of carbonyl (C=O) groups is 1. The monoisotopic (exact) mass is 458 g/mol. The van der Waals surface area contributed by atoms with E-state index in [1.54, 1.807) is 0 Å². The van der Waals surface area contributed by atoms with Gasteiger partial charge in [-0.2, -0.15) is 16.8 Å². The number of benzene rings is 2. The van der Waals surface area contributed by atoms with Gasteiger partial charge in [-0.1, -0.05) is 0 Å². The Morgan fingerprint density at radius 2 is 1.31 bits per heavy atom. The molecule has 2 aromatic rings. The number of aromatic hydroxyl groups is 2. The number of phenolic OH excluding ortho intramolecular Hbond substituents is 2. The maximum atomic E-state index is 12.8. The SMILES string of the molecule is COc1ccc(C(=O)c2c(O)c(S(=O)(=O)O)c(OC)c(O)c2S(=O)(=O)O)cc1.[NaH]. The standard InChI is InChI=1S/C15H14O11S2.Na.H/c1-25-8-5-3-7(4-6-8)10(16)9-11(17)15(28(22,23)24)13(26-2)12(18)14(9)27(19,20)21;;/h3-6,17-18H,1-2H3,(H,19,20,21)(H,22,23,24);;. The van der Waals surface area contributed by atoms with Gasteiger partial charge in [0.05, 0.1) is 19.8 Å². The molecule has 0 saturated heterocycles. The first kappa shape index (κ1) is 25.2. The predicted molar refractivity (Wildman–Crippen MR) is 99.5 cm³/mol. The zero-order chi connectivity index (χ0) is 21.4. The Bertz CT molecular complexity index is 1150. The summed E-state index contributed by atoms with van der Waals surface area (Å²) in [5.41, 5.74) is -1.54. The van der Waals surface area contributed by atoms with Gasteiger partial charge in [0, 0.05) is 5.56 Å². The number of rotatable bonds is 6. The molecule has 0 unspecified atom stereocenters. The normalized spacial score (nSPS) is 11.4. The van der Waals surface area contributed by atoms with E-state index < -0.39 is 58.6 Å². The van der Waals surface area contributed by atoms with Crippen LogP contribution in [0.15, 0.2) is 34.1 Å². The topological polar surface area (TPSA) is 185 Å². The molecule has 0 amide bonds. The number of carbonyl (C=O) groups excluding carboxylic acids is 1. The molecule has 11 nitrogen and oxygen atoms in total. The third-order valence-corrected chi connectivity index (χ3v) is 5.42. The summed E-state index contributed by atoms with van der Waals surface area (Å²) in [4.78, 5) is 9.82. The van der Waals surface area contributed by atoms with Crippen molar-refractivity contribution in [1.82, 2.24) is 0 Å². The Hall–Kier alpha value is -1.87. The molecular formula is C15H15NaO11S2. The molecule has 0 radical (unpaired) electrons. The van der Waals surface area contributed by atoms with E-state index in [1.807, 2.05) is 0 Å². The van der Waals surface area contributed by atoms with Crippen LogP contribution in [0.1, 0.15) is 15.9 Å². The Morgan fingerprint density at radius 3 is 1.69 bits per heavy atom. The first-order chi connectivity index (χ1) is 12.8. The first-order valence-corrected chi connectivity index (χ1v) is 10.0. The number of ether oxygens (including phenoxy) is 2. The molecular weight excluding hydrogens is 443 g/mol. The second-order valence-electron chi connectivity index (χ2n) is 5.27. The van der Waals surface area contributed by atoms with Crippen molar-refractivity contribution in [2.24, 2.45) is 0 Å². The zero-order valence-electron chi connectivity index (χ0n) is 14.3. The summed E-state index contributed by atoms with van der Waals surface area (Å²) < 4.78 is 74.9. The molecule has 0 bridgehead atoms. The van der Waals surface area contributed by atoms with Crippen LogP contribution in [0.5, 0.6) is 23.0 Å². The van der Waals surface area contributed by atoms with Crippen LogP contribution in [0.4, 0.5) is 0 Å². The van der Waals surface area contributed by atoms with Gasteiger partial charge < -0.3 is 19.7 Å². The summed E-state index contributed by atoms with van der Waals surface area (Å²) in [6.07, 6.45) is 0. The Morgan fingerprint density at radius 1 is 0.828 bits per heavy atom. The van der Waals surface area contributed by atoms with E-state index in [-0.39, 0.29) is 35.1 Å². The molecule has 0 fully saturated rings. The molecule has 0 heterocycles. The second kappa shape index (κ2) is 8.87. The second-order valence-corrected chi connectivity index (χ2v) is 7.99. The molecule has 0 aliphatic carbocycles. The van der Waals surface area contributed by atoms with Crippen LogP contribution in [0.25, 0.3) is 0 Å².